The summed E-state index contributed by atoms with van der Waals surface area (Å²) in [6.45, 7) is 5.17. The third-order valence-corrected chi connectivity index (χ3v) is 4.14. The van der Waals surface area contributed by atoms with Crippen molar-refractivity contribution in [2.45, 2.75) is 39.7 Å². The molecule has 1 aromatic heterocycles. The molecular weight excluding hydrogens is 338 g/mol. The maximum Gasteiger partial charge on any atom is 0.131 e. The lowest BCUT2D eigenvalue weighted by Crippen LogP contribution is -2.06. The molecule has 5 heteroatoms. The van der Waals surface area contributed by atoms with Gasteiger partial charge >= 0.3 is 0 Å². The van der Waals surface area contributed by atoms with Crippen molar-refractivity contribution >= 4 is 33.3 Å². The van der Waals surface area contributed by atoms with Crippen LogP contribution in [-0.2, 0) is 13.0 Å². The number of aromatic nitrogens is 2. The zero-order valence-electron chi connectivity index (χ0n) is 11.8. The molecule has 108 valence electrons. The summed E-state index contributed by atoms with van der Waals surface area (Å²) in [7, 11) is 0. The Labute approximate surface area is 133 Å². The van der Waals surface area contributed by atoms with Gasteiger partial charge in [0.25, 0.3) is 0 Å². The molecule has 3 nitrogen and oxygen atoms in total. The lowest BCUT2D eigenvalue weighted by Gasteiger charge is -2.08. The second-order valence-electron chi connectivity index (χ2n) is 4.74. The molecule has 0 saturated heterocycles. The Hall–Kier alpha value is -1.00. The first-order valence-electron chi connectivity index (χ1n) is 6.88. The van der Waals surface area contributed by atoms with Crippen molar-refractivity contribution in [2.75, 3.05) is 5.73 Å². The molecule has 2 aromatic rings. The molecule has 20 heavy (non-hydrogen) atoms. The number of unbranched alkanes of at least 4 members (excludes halogenated alkanes) is 1. The molecule has 0 aliphatic rings. The van der Waals surface area contributed by atoms with Crippen LogP contribution in [0.3, 0.4) is 0 Å². The smallest absolute Gasteiger partial charge is 0.131 e. The summed E-state index contributed by atoms with van der Waals surface area (Å²) in [4.78, 5) is 4.69. The van der Waals surface area contributed by atoms with Gasteiger partial charge in [0.1, 0.15) is 17.3 Å². The number of aryl methyl sites for hydroxylation is 1. The van der Waals surface area contributed by atoms with Gasteiger partial charge < -0.3 is 10.3 Å². The first-order chi connectivity index (χ1) is 9.58. The lowest BCUT2D eigenvalue weighted by molar-refractivity contribution is 0.612. The van der Waals surface area contributed by atoms with Gasteiger partial charge in [0.2, 0.25) is 0 Å². The van der Waals surface area contributed by atoms with Gasteiger partial charge in [0.15, 0.2) is 0 Å². The summed E-state index contributed by atoms with van der Waals surface area (Å²) in [5.41, 5.74) is 7.96. The van der Waals surface area contributed by atoms with Gasteiger partial charge in [-0.2, -0.15) is 0 Å². The monoisotopic (exact) mass is 355 g/mol. The molecule has 0 atom stereocenters. The van der Waals surface area contributed by atoms with Crippen LogP contribution in [0.15, 0.2) is 22.7 Å². The summed E-state index contributed by atoms with van der Waals surface area (Å²) in [5, 5.41) is 0.669. The quantitative estimate of drug-likeness (QED) is 0.827. The molecule has 0 radical (unpaired) electrons. The SMILES string of the molecule is CCCCn1c(CC)nc(-c2cc(Br)ccc2Cl)c1N. The van der Waals surface area contributed by atoms with E-state index in [-0.39, 0.29) is 0 Å². The van der Waals surface area contributed by atoms with Crippen molar-refractivity contribution in [3.05, 3.63) is 33.5 Å². The third-order valence-electron chi connectivity index (χ3n) is 3.32. The normalized spacial score (nSPS) is 11.0. The fraction of sp³-hybridized carbons (Fsp3) is 0.400. The van der Waals surface area contributed by atoms with Gasteiger partial charge in [-0.1, -0.05) is 47.8 Å². The van der Waals surface area contributed by atoms with E-state index in [1.54, 1.807) is 0 Å². The molecule has 0 amide bonds. The summed E-state index contributed by atoms with van der Waals surface area (Å²) in [5.74, 6) is 1.72. The average molecular weight is 357 g/mol. The number of nitrogens with zero attached hydrogens (tertiary/aromatic N) is 2. The molecule has 1 heterocycles. The van der Waals surface area contributed by atoms with Crippen LogP contribution in [0.4, 0.5) is 5.82 Å². The molecule has 2 rings (SSSR count). The fourth-order valence-electron chi connectivity index (χ4n) is 2.23. The highest BCUT2D eigenvalue weighted by molar-refractivity contribution is 9.10. The van der Waals surface area contributed by atoms with E-state index in [4.69, 9.17) is 17.3 Å². The van der Waals surface area contributed by atoms with Crippen LogP contribution >= 0.6 is 27.5 Å². The first-order valence-corrected chi connectivity index (χ1v) is 8.05. The van der Waals surface area contributed by atoms with E-state index in [1.807, 2.05) is 18.2 Å². The molecule has 0 fully saturated rings. The largest absolute Gasteiger partial charge is 0.383 e. The molecular formula is C15H19BrClN3. The minimum absolute atomic E-state index is 0.669. The Kier molecular flexibility index (Phi) is 5.11. The Morgan fingerprint density at radius 3 is 2.75 bits per heavy atom. The summed E-state index contributed by atoms with van der Waals surface area (Å²) in [6.07, 6.45) is 3.09. The minimum Gasteiger partial charge on any atom is -0.383 e. The van der Waals surface area contributed by atoms with Crippen molar-refractivity contribution in [1.29, 1.82) is 0 Å². The van der Waals surface area contributed by atoms with Crippen LogP contribution in [0.5, 0.6) is 0 Å². The Balaban J connectivity index is 2.52. The van der Waals surface area contributed by atoms with Crippen molar-refractivity contribution in [3.8, 4) is 11.3 Å². The summed E-state index contributed by atoms with van der Waals surface area (Å²) in [6, 6.07) is 5.73. The summed E-state index contributed by atoms with van der Waals surface area (Å²) < 4.78 is 3.08. The number of nitrogens with two attached hydrogens (primary N) is 1. The molecule has 0 aliphatic heterocycles. The predicted octanol–water partition coefficient (Wildman–Crippen LogP) is 4.91. The molecule has 2 N–H and O–H groups in total. The van der Waals surface area contributed by atoms with Gasteiger partial charge in [-0.15, -0.1) is 0 Å². The Morgan fingerprint density at radius 2 is 2.10 bits per heavy atom. The van der Waals surface area contributed by atoms with Crippen LogP contribution in [0.2, 0.25) is 5.02 Å². The molecule has 0 unspecified atom stereocenters. The van der Waals surface area contributed by atoms with Gasteiger partial charge in [0.05, 0.1) is 5.02 Å². The van der Waals surface area contributed by atoms with Gasteiger partial charge in [0, 0.05) is 23.0 Å². The highest BCUT2D eigenvalue weighted by Gasteiger charge is 2.17. The first kappa shape index (κ1) is 15.4. The van der Waals surface area contributed by atoms with Gasteiger partial charge in [-0.05, 0) is 24.6 Å². The van der Waals surface area contributed by atoms with Gasteiger partial charge in [-0.25, -0.2) is 4.98 Å². The zero-order chi connectivity index (χ0) is 14.7. The number of halogens is 2. The molecule has 0 saturated carbocycles. The van der Waals surface area contributed by atoms with Crippen molar-refractivity contribution < 1.29 is 0 Å². The summed E-state index contributed by atoms with van der Waals surface area (Å²) >= 11 is 9.75. The van der Waals surface area contributed by atoms with E-state index in [0.29, 0.717) is 10.8 Å². The number of hydrogen-bond donors (Lipinski definition) is 1. The van der Waals surface area contributed by atoms with Crippen LogP contribution < -0.4 is 5.73 Å². The number of imidazole rings is 1. The van der Waals surface area contributed by atoms with Crippen molar-refractivity contribution in [3.63, 3.8) is 0 Å². The third kappa shape index (κ3) is 3.01. The number of anilines is 1. The number of benzene rings is 1. The number of rotatable bonds is 5. The van der Waals surface area contributed by atoms with E-state index >= 15 is 0 Å². The lowest BCUT2D eigenvalue weighted by atomic mass is 10.1. The van der Waals surface area contributed by atoms with E-state index in [9.17, 15) is 0 Å². The van der Waals surface area contributed by atoms with E-state index < -0.39 is 0 Å². The number of hydrogen-bond acceptors (Lipinski definition) is 2. The topological polar surface area (TPSA) is 43.8 Å². The highest BCUT2D eigenvalue weighted by atomic mass is 79.9. The Bertz CT molecular complexity index is 607. The van der Waals surface area contributed by atoms with E-state index in [0.717, 1.165) is 47.4 Å². The molecule has 1 aromatic carbocycles. The van der Waals surface area contributed by atoms with Crippen LogP contribution in [0.25, 0.3) is 11.3 Å². The molecule has 0 aliphatic carbocycles. The minimum atomic E-state index is 0.669. The predicted molar refractivity (Wildman–Crippen MR) is 89.1 cm³/mol. The highest BCUT2D eigenvalue weighted by Crippen LogP contribution is 2.34. The van der Waals surface area contributed by atoms with Crippen LogP contribution in [0, 0.1) is 0 Å². The van der Waals surface area contributed by atoms with Crippen molar-refractivity contribution in [1.82, 2.24) is 9.55 Å². The van der Waals surface area contributed by atoms with Crippen LogP contribution in [-0.4, -0.2) is 9.55 Å². The van der Waals surface area contributed by atoms with E-state index in [2.05, 4.69) is 39.3 Å². The van der Waals surface area contributed by atoms with Crippen molar-refractivity contribution in [2.24, 2.45) is 0 Å². The average Bonchev–Trinajstić information content (AvgIpc) is 2.75. The molecule has 0 bridgehead atoms. The van der Waals surface area contributed by atoms with Crippen LogP contribution in [0.1, 0.15) is 32.5 Å². The Morgan fingerprint density at radius 1 is 1.35 bits per heavy atom. The second kappa shape index (κ2) is 6.64. The standard InChI is InChI=1S/C15H19BrClN3/c1-3-5-8-20-13(4-2)19-14(15(20)18)11-9-10(16)6-7-12(11)17/h6-7,9H,3-5,8,18H2,1-2H3. The fourth-order valence-corrected chi connectivity index (χ4v) is 2.79. The maximum atomic E-state index is 6.30. The zero-order valence-corrected chi connectivity index (χ0v) is 14.1. The molecule has 0 spiro atoms. The maximum absolute atomic E-state index is 6.30. The van der Waals surface area contributed by atoms with Gasteiger partial charge in [-0.3, -0.25) is 0 Å². The second-order valence-corrected chi connectivity index (χ2v) is 6.07. The number of nitrogen functional groups attached to an aromatic ring is 1. The van der Waals surface area contributed by atoms with E-state index in [1.165, 1.54) is 0 Å².